The Morgan fingerprint density at radius 2 is 1.18 bits per heavy atom. The van der Waals surface area contributed by atoms with Gasteiger partial charge in [0.1, 0.15) is 0 Å². The highest BCUT2D eigenvalue weighted by Gasteiger charge is 2.14. The van der Waals surface area contributed by atoms with Crippen molar-refractivity contribution in [1.82, 2.24) is 0 Å². The summed E-state index contributed by atoms with van der Waals surface area (Å²) in [5, 5.41) is 10.4. The van der Waals surface area contributed by atoms with Gasteiger partial charge < -0.3 is 19.3 Å². The highest BCUT2D eigenvalue weighted by Crippen LogP contribution is 2.24. The van der Waals surface area contributed by atoms with E-state index in [1.807, 2.05) is 0 Å². The molecule has 0 spiro atoms. The van der Waals surface area contributed by atoms with Crippen LogP contribution in [0.2, 0.25) is 0 Å². The summed E-state index contributed by atoms with van der Waals surface area (Å²) >= 11 is 0. The zero-order valence-corrected chi connectivity index (χ0v) is 30.1. The van der Waals surface area contributed by atoms with Gasteiger partial charge in [0.15, 0.2) is 6.29 Å². The van der Waals surface area contributed by atoms with E-state index in [-0.39, 0.29) is 18.4 Å². The van der Waals surface area contributed by atoms with Gasteiger partial charge in [0.2, 0.25) is 0 Å². The van der Waals surface area contributed by atoms with Gasteiger partial charge in [0.25, 0.3) is 0 Å². The Labute approximate surface area is 280 Å². The van der Waals surface area contributed by atoms with E-state index in [4.69, 9.17) is 14.2 Å². The second-order valence-electron chi connectivity index (χ2n) is 12.8. The summed E-state index contributed by atoms with van der Waals surface area (Å²) < 4.78 is 17.5. The molecule has 0 fully saturated rings. The Bertz CT molecular complexity index is 627. The Balaban J connectivity index is 4.14. The van der Waals surface area contributed by atoms with Crippen LogP contribution < -0.4 is 0 Å². The van der Waals surface area contributed by atoms with Crippen LogP contribution >= 0.6 is 0 Å². The summed E-state index contributed by atoms with van der Waals surface area (Å²) in [7, 11) is 0. The monoisotopic (exact) mass is 636 g/mol. The van der Waals surface area contributed by atoms with Crippen molar-refractivity contribution in [2.75, 3.05) is 19.8 Å². The average molecular weight is 636 g/mol. The van der Waals surface area contributed by atoms with Gasteiger partial charge in [-0.1, -0.05) is 129 Å². The van der Waals surface area contributed by atoms with E-state index in [2.05, 4.69) is 52.0 Å². The van der Waals surface area contributed by atoms with Crippen molar-refractivity contribution in [1.29, 1.82) is 0 Å². The number of ether oxygens (including phenoxy) is 3. The molecule has 45 heavy (non-hydrogen) atoms. The van der Waals surface area contributed by atoms with Crippen molar-refractivity contribution < 1.29 is 24.1 Å². The standard InChI is InChI=1S/C40H75O5/c1-5-9-13-15-17-24-34-44-40(45-35-25-18-16-14-10-6-2)33-32-39(42)43-36-26-31-38(41)30-23-19-22-29-37(27-20-11-7-3)28-21-12-8-4/h9-10,13-14,37-38,40-41H,3,5-8,11-12,15-36H2,1-2,4H3/b13-9-,14-10-. The fourth-order valence-corrected chi connectivity index (χ4v) is 5.61. The molecule has 1 N–H and O–H groups in total. The number of rotatable bonds is 35. The SMILES string of the molecule is [CH2]CCCCC(CCCCC)CCCCCC(O)CCCOC(=O)CCC(OCCCC/C=C\CC)OCCCC/C=C\CC. The molecule has 0 saturated heterocycles. The van der Waals surface area contributed by atoms with Crippen molar-refractivity contribution in [3.63, 3.8) is 0 Å². The Morgan fingerprint density at radius 1 is 0.622 bits per heavy atom. The Kier molecular flexibility index (Phi) is 34.8. The number of hydrogen-bond acceptors (Lipinski definition) is 5. The Hall–Kier alpha value is -1.17. The van der Waals surface area contributed by atoms with Gasteiger partial charge in [0.05, 0.1) is 19.1 Å². The number of aliphatic hydroxyl groups is 1. The molecule has 0 aliphatic heterocycles. The fraction of sp³-hybridized carbons (Fsp3) is 0.850. The van der Waals surface area contributed by atoms with Crippen LogP contribution in [-0.2, 0) is 19.0 Å². The van der Waals surface area contributed by atoms with Crippen LogP contribution in [-0.4, -0.2) is 43.3 Å². The van der Waals surface area contributed by atoms with Crippen LogP contribution in [0.3, 0.4) is 0 Å². The molecule has 0 aromatic heterocycles. The van der Waals surface area contributed by atoms with Crippen LogP contribution in [0, 0.1) is 12.8 Å². The van der Waals surface area contributed by atoms with Gasteiger partial charge >= 0.3 is 5.97 Å². The van der Waals surface area contributed by atoms with E-state index in [1.165, 1.54) is 64.2 Å². The van der Waals surface area contributed by atoms with Crippen molar-refractivity contribution in [2.24, 2.45) is 5.92 Å². The van der Waals surface area contributed by atoms with E-state index >= 15 is 0 Å². The molecule has 265 valence electrons. The van der Waals surface area contributed by atoms with E-state index in [0.717, 1.165) is 76.5 Å². The van der Waals surface area contributed by atoms with Gasteiger partial charge in [-0.05, 0) is 76.5 Å². The number of unbranched alkanes of at least 4 members (excludes halogenated alkanes) is 10. The topological polar surface area (TPSA) is 65.0 Å². The largest absolute Gasteiger partial charge is 0.466 e. The lowest BCUT2D eigenvalue weighted by atomic mass is 9.90. The van der Waals surface area contributed by atoms with Crippen LogP contribution in [0.5, 0.6) is 0 Å². The average Bonchev–Trinajstić information content (AvgIpc) is 3.04. The molecule has 1 radical (unpaired) electrons. The highest BCUT2D eigenvalue weighted by molar-refractivity contribution is 5.69. The zero-order valence-electron chi connectivity index (χ0n) is 30.1. The van der Waals surface area contributed by atoms with E-state index < -0.39 is 0 Å². The zero-order chi connectivity index (χ0) is 33.1. The predicted octanol–water partition coefficient (Wildman–Crippen LogP) is 11.6. The van der Waals surface area contributed by atoms with Gasteiger partial charge in [-0.15, -0.1) is 0 Å². The van der Waals surface area contributed by atoms with Crippen molar-refractivity contribution in [2.45, 2.75) is 194 Å². The summed E-state index contributed by atoms with van der Waals surface area (Å²) in [6.07, 6.45) is 35.0. The van der Waals surface area contributed by atoms with Crippen LogP contribution in [0.25, 0.3) is 0 Å². The Morgan fingerprint density at radius 3 is 1.76 bits per heavy atom. The number of aliphatic hydroxyl groups excluding tert-OH is 1. The lowest BCUT2D eigenvalue weighted by molar-refractivity contribution is -0.159. The summed E-state index contributed by atoms with van der Waals surface area (Å²) in [5.41, 5.74) is 0. The van der Waals surface area contributed by atoms with Gasteiger partial charge in [-0.2, -0.15) is 0 Å². The molecule has 0 aliphatic rings. The van der Waals surface area contributed by atoms with Crippen molar-refractivity contribution in [3.05, 3.63) is 31.2 Å². The summed E-state index contributed by atoms with van der Waals surface area (Å²) in [4.78, 5) is 12.4. The molecule has 2 atom stereocenters. The van der Waals surface area contributed by atoms with Crippen LogP contribution in [0.1, 0.15) is 181 Å². The quantitative estimate of drug-likeness (QED) is 0.0325. The van der Waals surface area contributed by atoms with E-state index in [0.29, 0.717) is 45.5 Å². The maximum absolute atomic E-state index is 12.4. The van der Waals surface area contributed by atoms with Gasteiger partial charge in [-0.3, -0.25) is 4.79 Å². The molecule has 5 heteroatoms. The first-order chi connectivity index (χ1) is 22.1. The molecule has 2 unspecified atom stereocenters. The van der Waals surface area contributed by atoms with Gasteiger partial charge in [0, 0.05) is 19.6 Å². The molecular formula is C40H75O5. The molecule has 0 aromatic carbocycles. The minimum absolute atomic E-state index is 0.209. The number of esters is 1. The van der Waals surface area contributed by atoms with E-state index in [1.54, 1.807) is 0 Å². The van der Waals surface area contributed by atoms with Gasteiger partial charge in [-0.25, -0.2) is 0 Å². The summed E-state index contributed by atoms with van der Waals surface area (Å²) in [6.45, 7) is 12.2. The molecule has 0 saturated carbocycles. The molecule has 0 amide bonds. The fourth-order valence-electron chi connectivity index (χ4n) is 5.61. The number of carbonyl (C=O) groups is 1. The van der Waals surface area contributed by atoms with Crippen LogP contribution in [0.4, 0.5) is 0 Å². The highest BCUT2D eigenvalue weighted by atomic mass is 16.7. The van der Waals surface area contributed by atoms with Crippen molar-refractivity contribution >= 4 is 5.97 Å². The second-order valence-corrected chi connectivity index (χ2v) is 12.8. The third-order valence-electron chi connectivity index (χ3n) is 8.45. The maximum atomic E-state index is 12.4. The second kappa shape index (κ2) is 35.7. The molecule has 0 bridgehead atoms. The lowest BCUT2D eigenvalue weighted by Crippen LogP contribution is -2.21. The molecule has 0 rings (SSSR count). The molecule has 0 heterocycles. The first-order valence-corrected chi connectivity index (χ1v) is 19.2. The van der Waals surface area contributed by atoms with Crippen molar-refractivity contribution in [3.8, 4) is 0 Å². The lowest BCUT2D eigenvalue weighted by Gasteiger charge is -2.18. The predicted molar refractivity (Wildman–Crippen MR) is 192 cm³/mol. The number of hydrogen-bond donors (Lipinski definition) is 1. The minimum Gasteiger partial charge on any atom is -0.466 e. The van der Waals surface area contributed by atoms with E-state index in [9.17, 15) is 9.90 Å². The molecule has 0 aliphatic carbocycles. The molecule has 5 nitrogen and oxygen atoms in total. The molecule has 0 aromatic rings. The smallest absolute Gasteiger partial charge is 0.305 e. The normalized spacial score (nSPS) is 12.8. The van der Waals surface area contributed by atoms with Crippen LogP contribution in [0.15, 0.2) is 24.3 Å². The summed E-state index contributed by atoms with van der Waals surface area (Å²) in [5.74, 6) is 0.659. The third kappa shape index (κ3) is 32.6. The summed E-state index contributed by atoms with van der Waals surface area (Å²) in [6, 6.07) is 0. The molecular weight excluding hydrogens is 560 g/mol. The number of carbonyl (C=O) groups excluding carboxylic acids is 1. The first-order valence-electron chi connectivity index (χ1n) is 19.2. The first kappa shape index (κ1) is 43.8. The third-order valence-corrected chi connectivity index (χ3v) is 8.45. The maximum Gasteiger partial charge on any atom is 0.305 e. The number of allylic oxidation sites excluding steroid dienone is 4. The minimum atomic E-state index is -0.364.